The molecule has 0 spiro atoms. The molecular formula is C16H17NO4. The van der Waals surface area contributed by atoms with Gasteiger partial charge in [0, 0.05) is 13.0 Å². The number of rotatable bonds is 6. The van der Waals surface area contributed by atoms with Crippen molar-refractivity contribution in [1.82, 2.24) is 5.32 Å². The van der Waals surface area contributed by atoms with Crippen LogP contribution in [0.5, 0.6) is 0 Å². The van der Waals surface area contributed by atoms with E-state index < -0.39 is 5.97 Å². The van der Waals surface area contributed by atoms with Crippen LogP contribution in [0.4, 0.5) is 0 Å². The van der Waals surface area contributed by atoms with E-state index in [2.05, 4.69) is 5.32 Å². The van der Waals surface area contributed by atoms with Crippen molar-refractivity contribution in [3.8, 4) is 0 Å². The van der Waals surface area contributed by atoms with Crippen molar-refractivity contribution < 1.29 is 19.1 Å². The van der Waals surface area contributed by atoms with Gasteiger partial charge in [0.25, 0.3) is 5.91 Å². The van der Waals surface area contributed by atoms with Crippen LogP contribution in [-0.4, -0.2) is 23.5 Å². The molecule has 5 heteroatoms. The molecule has 0 fully saturated rings. The van der Waals surface area contributed by atoms with Gasteiger partial charge in [0.1, 0.15) is 5.76 Å². The van der Waals surface area contributed by atoms with Gasteiger partial charge in [-0.2, -0.15) is 0 Å². The Labute approximate surface area is 122 Å². The third kappa shape index (κ3) is 3.72. The molecule has 0 aliphatic rings. The predicted molar refractivity (Wildman–Crippen MR) is 77.5 cm³/mol. The summed E-state index contributed by atoms with van der Waals surface area (Å²) in [5, 5.41) is 11.6. The van der Waals surface area contributed by atoms with E-state index in [4.69, 9.17) is 9.52 Å². The maximum Gasteiger partial charge on any atom is 0.335 e. The van der Waals surface area contributed by atoms with Crippen molar-refractivity contribution in [2.75, 3.05) is 6.54 Å². The molecule has 5 nitrogen and oxygen atoms in total. The second-order valence-electron chi connectivity index (χ2n) is 4.62. The minimum Gasteiger partial charge on any atom is -0.478 e. The topological polar surface area (TPSA) is 79.5 Å². The van der Waals surface area contributed by atoms with Crippen LogP contribution in [0.2, 0.25) is 0 Å². The fraction of sp³-hybridized carbons (Fsp3) is 0.250. The Balaban J connectivity index is 1.86. The lowest BCUT2D eigenvalue weighted by Gasteiger charge is -2.05. The molecule has 0 saturated heterocycles. The van der Waals surface area contributed by atoms with Crippen LogP contribution in [0.15, 0.2) is 41.0 Å². The van der Waals surface area contributed by atoms with Crippen molar-refractivity contribution in [3.05, 3.63) is 59.0 Å². The quantitative estimate of drug-likeness (QED) is 0.855. The zero-order chi connectivity index (χ0) is 15.2. The maximum atomic E-state index is 12.0. The van der Waals surface area contributed by atoms with Crippen molar-refractivity contribution in [3.63, 3.8) is 0 Å². The van der Waals surface area contributed by atoms with E-state index in [-0.39, 0.29) is 11.5 Å². The van der Waals surface area contributed by atoms with Crippen LogP contribution in [0.25, 0.3) is 0 Å². The summed E-state index contributed by atoms with van der Waals surface area (Å²) in [6.45, 7) is 2.42. The summed E-state index contributed by atoms with van der Waals surface area (Å²) in [5.41, 5.74) is 1.80. The highest BCUT2D eigenvalue weighted by atomic mass is 16.4. The van der Waals surface area contributed by atoms with Gasteiger partial charge in [0.15, 0.2) is 0 Å². The largest absolute Gasteiger partial charge is 0.478 e. The van der Waals surface area contributed by atoms with Crippen LogP contribution >= 0.6 is 0 Å². The number of carbonyl (C=O) groups excluding carboxylic acids is 1. The third-order valence-corrected chi connectivity index (χ3v) is 3.21. The van der Waals surface area contributed by atoms with E-state index in [9.17, 15) is 9.59 Å². The first kappa shape index (κ1) is 14.8. The van der Waals surface area contributed by atoms with Gasteiger partial charge in [0.2, 0.25) is 0 Å². The van der Waals surface area contributed by atoms with E-state index in [1.54, 1.807) is 30.3 Å². The van der Waals surface area contributed by atoms with Gasteiger partial charge in [-0.25, -0.2) is 4.79 Å². The molecule has 0 saturated carbocycles. The Kier molecular flexibility index (Phi) is 4.77. The Morgan fingerprint density at radius 1 is 1.19 bits per heavy atom. The summed E-state index contributed by atoms with van der Waals surface area (Å²) in [4.78, 5) is 22.7. The highest BCUT2D eigenvalue weighted by Gasteiger charge is 2.12. The van der Waals surface area contributed by atoms with Gasteiger partial charge in [-0.05, 0) is 30.2 Å². The fourth-order valence-corrected chi connectivity index (χ4v) is 2.05. The lowest BCUT2D eigenvalue weighted by atomic mass is 10.1. The highest BCUT2D eigenvalue weighted by Crippen LogP contribution is 2.11. The van der Waals surface area contributed by atoms with Crippen molar-refractivity contribution in [2.24, 2.45) is 0 Å². The van der Waals surface area contributed by atoms with Crippen molar-refractivity contribution >= 4 is 11.9 Å². The molecule has 2 aromatic rings. The molecule has 1 amide bonds. The highest BCUT2D eigenvalue weighted by molar-refractivity contribution is 5.95. The molecule has 0 bridgehead atoms. The second kappa shape index (κ2) is 6.74. The van der Waals surface area contributed by atoms with Gasteiger partial charge in [-0.15, -0.1) is 0 Å². The minimum atomic E-state index is -0.943. The molecule has 1 aromatic carbocycles. The summed E-state index contributed by atoms with van der Waals surface area (Å²) in [6, 6.07) is 8.29. The van der Waals surface area contributed by atoms with Gasteiger partial charge in [-0.1, -0.05) is 19.1 Å². The molecule has 0 aliphatic heterocycles. The van der Waals surface area contributed by atoms with E-state index in [0.717, 1.165) is 5.56 Å². The number of hydrogen-bond acceptors (Lipinski definition) is 3. The number of amides is 1. The van der Waals surface area contributed by atoms with Crippen molar-refractivity contribution in [1.29, 1.82) is 0 Å². The normalized spacial score (nSPS) is 10.3. The molecule has 0 aliphatic carbocycles. The standard InChI is InChI=1S/C16H17NO4/c1-2-14-13(8-10-21-14)15(18)17-9-7-11-3-5-12(6-4-11)16(19)20/h3-6,8,10H,2,7,9H2,1H3,(H,17,18)(H,19,20). The second-order valence-corrected chi connectivity index (χ2v) is 4.62. The molecule has 2 rings (SSSR count). The van der Waals surface area contributed by atoms with Gasteiger partial charge < -0.3 is 14.8 Å². The van der Waals surface area contributed by atoms with Crippen LogP contribution in [0.3, 0.4) is 0 Å². The maximum absolute atomic E-state index is 12.0. The van der Waals surface area contributed by atoms with E-state index in [1.165, 1.54) is 6.26 Å². The summed E-state index contributed by atoms with van der Waals surface area (Å²) in [5.74, 6) is -0.414. The number of carboxylic acid groups (broad SMARTS) is 1. The van der Waals surface area contributed by atoms with E-state index >= 15 is 0 Å². The Morgan fingerprint density at radius 2 is 1.90 bits per heavy atom. The summed E-state index contributed by atoms with van der Waals surface area (Å²) >= 11 is 0. The smallest absolute Gasteiger partial charge is 0.335 e. The molecule has 21 heavy (non-hydrogen) atoms. The number of benzene rings is 1. The number of hydrogen-bond donors (Lipinski definition) is 2. The van der Waals surface area contributed by atoms with Crippen LogP contribution in [-0.2, 0) is 12.8 Å². The molecule has 0 unspecified atom stereocenters. The number of furan rings is 1. The molecular weight excluding hydrogens is 270 g/mol. The molecule has 0 atom stereocenters. The SMILES string of the molecule is CCc1occc1C(=O)NCCc1ccc(C(=O)O)cc1. The third-order valence-electron chi connectivity index (χ3n) is 3.21. The number of carbonyl (C=O) groups is 2. The van der Waals surface area contributed by atoms with E-state index in [1.807, 2.05) is 6.92 Å². The first-order chi connectivity index (χ1) is 10.1. The number of aromatic carboxylic acids is 1. The van der Waals surface area contributed by atoms with Crippen LogP contribution in [0, 0.1) is 0 Å². The van der Waals surface area contributed by atoms with Crippen molar-refractivity contribution in [2.45, 2.75) is 19.8 Å². The summed E-state index contributed by atoms with van der Waals surface area (Å²) < 4.78 is 5.22. The molecule has 110 valence electrons. The average molecular weight is 287 g/mol. The number of carboxylic acids is 1. The lowest BCUT2D eigenvalue weighted by molar-refractivity contribution is 0.0696. The molecule has 1 aromatic heterocycles. The minimum absolute atomic E-state index is 0.150. The zero-order valence-electron chi connectivity index (χ0n) is 11.8. The molecule has 2 N–H and O–H groups in total. The molecule has 0 radical (unpaired) electrons. The summed E-state index contributed by atoms with van der Waals surface area (Å²) in [7, 11) is 0. The number of nitrogens with one attached hydrogen (secondary N) is 1. The Hall–Kier alpha value is -2.56. The monoisotopic (exact) mass is 287 g/mol. The predicted octanol–water partition coefficient (Wildman–Crippen LogP) is 2.51. The average Bonchev–Trinajstić information content (AvgIpc) is 2.96. The first-order valence-corrected chi connectivity index (χ1v) is 6.78. The van der Waals surface area contributed by atoms with Crippen LogP contribution < -0.4 is 5.32 Å². The van der Waals surface area contributed by atoms with Gasteiger partial charge >= 0.3 is 5.97 Å². The van der Waals surface area contributed by atoms with Crippen LogP contribution in [0.1, 0.15) is 39.0 Å². The lowest BCUT2D eigenvalue weighted by Crippen LogP contribution is -2.26. The zero-order valence-corrected chi connectivity index (χ0v) is 11.8. The molecule has 1 heterocycles. The first-order valence-electron chi connectivity index (χ1n) is 6.78. The Bertz CT molecular complexity index is 628. The van der Waals surface area contributed by atoms with Gasteiger partial charge in [0.05, 0.1) is 17.4 Å². The summed E-state index contributed by atoms with van der Waals surface area (Å²) in [6.07, 6.45) is 2.83. The van der Waals surface area contributed by atoms with Gasteiger partial charge in [-0.3, -0.25) is 4.79 Å². The number of aryl methyl sites for hydroxylation is 1. The van der Waals surface area contributed by atoms with E-state index in [0.29, 0.717) is 30.7 Å². The Morgan fingerprint density at radius 3 is 2.52 bits per heavy atom. The fourth-order valence-electron chi connectivity index (χ4n) is 2.05.